The number of hydrogen-bond acceptors (Lipinski definition) is 4. The van der Waals surface area contributed by atoms with E-state index in [9.17, 15) is 0 Å². The second-order valence-corrected chi connectivity index (χ2v) is 4.01. The molecule has 0 fully saturated rings. The predicted molar refractivity (Wildman–Crippen MR) is 69.9 cm³/mol. The average Bonchev–Trinajstić information content (AvgIpc) is 2.43. The van der Waals surface area contributed by atoms with Crippen LogP contribution in [0.25, 0.3) is 0 Å². The van der Waals surface area contributed by atoms with E-state index in [4.69, 9.17) is 14.2 Å². The van der Waals surface area contributed by atoms with E-state index in [2.05, 4.69) is 18.0 Å². The van der Waals surface area contributed by atoms with Crippen molar-refractivity contribution in [1.29, 1.82) is 0 Å². The Morgan fingerprint density at radius 2 is 2.22 bits per heavy atom. The predicted octanol–water partition coefficient (Wildman–Crippen LogP) is 2.10. The van der Waals surface area contributed by atoms with E-state index in [1.165, 1.54) is 6.26 Å². The zero-order valence-electron chi connectivity index (χ0n) is 10.5. The van der Waals surface area contributed by atoms with Gasteiger partial charge in [-0.2, -0.15) is 0 Å². The molecule has 0 saturated carbocycles. The smallest absolute Gasteiger partial charge is 0.165 e. The maximum absolute atomic E-state index is 5.65. The molecule has 1 aromatic carbocycles. The van der Waals surface area contributed by atoms with Crippen LogP contribution in [0, 0.1) is 0 Å². The molecule has 98 valence electrons. The van der Waals surface area contributed by atoms with Crippen LogP contribution in [0.15, 0.2) is 31.0 Å². The van der Waals surface area contributed by atoms with Crippen LogP contribution >= 0.6 is 0 Å². The van der Waals surface area contributed by atoms with E-state index in [0.29, 0.717) is 19.8 Å². The van der Waals surface area contributed by atoms with Crippen LogP contribution in [0.1, 0.15) is 12.0 Å². The first-order chi connectivity index (χ1) is 8.92. The fraction of sp³-hybridized carbons (Fsp3) is 0.429. The topological polar surface area (TPSA) is 39.7 Å². The van der Waals surface area contributed by atoms with Crippen molar-refractivity contribution in [2.24, 2.45) is 0 Å². The Bertz CT molecular complexity index is 393. The average molecular weight is 249 g/mol. The summed E-state index contributed by atoms with van der Waals surface area (Å²) < 4.78 is 16.2. The molecule has 0 unspecified atom stereocenters. The van der Waals surface area contributed by atoms with Gasteiger partial charge in [0.15, 0.2) is 11.5 Å². The molecule has 0 aliphatic carbocycles. The molecule has 1 aliphatic rings. The van der Waals surface area contributed by atoms with Crippen molar-refractivity contribution in [2.75, 3.05) is 26.4 Å². The van der Waals surface area contributed by atoms with Gasteiger partial charge in [0.2, 0.25) is 0 Å². The van der Waals surface area contributed by atoms with Gasteiger partial charge in [0.25, 0.3) is 0 Å². The Morgan fingerprint density at radius 1 is 1.33 bits per heavy atom. The lowest BCUT2D eigenvalue weighted by Crippen LogP contribution is -2.20. The van der Waals surface area contributed by atoms with Gasteiger partial charge in [-0.05, 0) is 19.0 Å². The second-order valence-electron chi connectivity index (χ2n) is 4.01. The standard InChI is InChI=1S/C14H19NO3/c1-2-16-8-4-7-15-11-12-5-3-6-13-14(12)18-10-9-17-13/h2-3,5-6,15H,1,4,7-11H2. The summed E-state index contributed by atoms with van der Waals surface area (Å²) in [7, 11) is 0. The molecule has 18 heavy (non-hydrogen) atoms. The normalized spacial score (nSPS) is 13.1. The van der Waals surface area contributed by atoms with Crippen molar-refractivity contribution in [3.05, 3.63) is 36.6 Å². The maximum atomic E-state index is 5.65. The van der Waals surface area contributed by atoms with Gasteiger partial charge in [-0.15, -0.1) is 0 Å². The van der Waals surface area contributed by atoms with Crippen LogP contribution in [0.3, 0.4) is 0 Å². The summed E-state index contributed by atoms with van der Waals surface area (Å²) in [5.41, 5.74) is 1.14. The molecule has 0 spiro atoms. The lowest BCUT2D eigenvalue weighted by molar-refractivity contribution is 0.169. The first-order valence-corrected chi connectivity index (χ1v) is 6.22. The molecule has 4 heteroatoms. The molecule has 0 aromatic heterocycles. The second kappa shape index (κ2) is 6.91. The first-order valence-electron chi connectivity index (χ1n) is 6.22. The maximum Gasteiger partial charge on any atom is 0.165 e. The van der Waals surface area contributed by atoms with E-state index in [1.54, 1.807) is 0 Å². The number of fused-ring (bicyclic) bond motifs is 1. The Morgan fingerprint density at radius 3 is 3.11 bits per heavy atom. The molecule has 1 aromatic rings. The largest absolute Gasteiger partial charge is 0.502 e. The quantitative estimate of drug-likeness (QED) is 0.593. The third-order valence-electron chi connectivity index (χ3n) is 2.70. The first kappa shape index (κ1) is 12.8. The minimum Gasteiger partial charge on any atom is -0.502 e. The minimum absolute atomic E-state index is 0.622. The molecule has 1 N–H and O–H groups in total. The van der Waals surface area contributed by atoms with Crippen LogP contribution < -0.4 is 14.8 Å². The lowest BCUT2D eigenvalue weighted by Gasteiger charge is -2.21. The van der Waals surface area contributed by atoms with Crippen LogP contribution in [-0.4, -0.2) is 26.4 Å². The van der Waals surface area contributed by atoms with Crippen molar-refractivity contribution in [2.45, 2.75) is 13.0 Å². The highest BCUT2D eigenvalue weighted by Gasteiger charge is 2.14. The van der Waals surface area contributed by atoms with E-state index in [1.807, 2.05) is 12.1 Å². The number of hydrogen-bond donors (Lipinski definition) is 1. The molecule has 4 nitrogen and oxygen atoms in total. The Kier molecular flexibility index (Phi) is 4.90. The number of benzene rings is 1. The highest BCUT2D eigenvalue weighted by atomic mass is 16.6. The summed E-state index contributed by atoms with van der Waals surface area (Å²) in [6.07, 6.45) is 2.43. The summed E-state index contributed by atoms with van der Waals surface area (Å²) in [4.78, 5) is 0. The van der Waals surface area contributed by atoms with E-state index in [0.717, 1.165) is 36.6 Å². The van der Waals surface area contributed by atoms with Crippen LogP contribution in [-0.2, 0) is 11.3 Å². The van der Waals surface area contributed by atoms with Crippen molar-refractivity contribution in [3.8, 4) is 11.5 Å². The molecular formula is C14H19NO3. The Hall–Kier alpha value is -1.68. The Balaban J connectivity index is 1.80. The number of para-hydroxylation sites is 1. The van der Waals surface area contributed by atoms with Gasteiger partial charge in [0.05, 0.1) is 12.9 Å². The zero-order valence-corrected chi connectivity index (χ0v) is 10.5. The molecule has 0 amide bonds. The number of rotatable bonds is 7. The molecule has 0 radical (unpaired) electrons. The summed E-state index contributed by atoms with van der Waals surface area (Å²) in [6.45, 7) is 7.13. The van der Waals surface area contributed by atoms with Crippen molar-refractivity contribution in [1.82, 2.24) is 5.32 Å². The summed E-state index contributed by atoms with van der Waals surface area (Å²) in [5.74, 6) is 1.72. The molecule has 1 aliphatic heterocycles. The fourth-order valence-corrected chi connectivity index (χ4v) is 1.86. The van der Waals surface area contributed by atoms with Gasteiger partial charge in [-0.3, -0.25) is 0 Å². The summed E-state index contributed by atoms with van der Waals surface area (Å²) in [6, 6.07) is 5.99. The number of ether oxygens (including phenoxy) is 3. The van der Waals surface area contributed by atoms with E-state index in [-0.39, 0.29) is 0 Å². The molecule has 2 rings (SSSR count). The molecule has 0 atom stereocenters. The SMILES string of the molecule is C=COCCCNCc1cccc2c1OCCO2. The van der Waals surface area contributed by atoms with E-state index >= 15 is 0 Å². The third kappa shape index (κ3) is 3.40. The van der Waals surface area contributed by atoms with Gasteiger partial charge in [0.1, 0.15) is 13.2 Å². The summed E-state index contributed by atoms with van der Waals surface area (Å²) >= 11 is 0. The molecular weight excluding hydrogens is 230 g/mol. The highest BCUT2D eigenvalue weighted by Crippen LogP contribution is 2.33. The highest BCUT2D eigenvalue weighted by molar-refractivity contribution is 5.47. The third-order valence-corrected chi connectivity index (χ3v) is 2.70. The minimum atomic E-state index is 0.622. The van der Waals surface area contributed by atoms with Crippen molar-refractivity contribution >= 4 is 0 Å². The Labute approximate surface area is 108 Å². The van der Waals surface area contributed by atoms with Gasteiger partial charge >= 0.3 is 0 Å². The van der Waals surface area contributed by atoms with Gasteiger partial charge < -0.3 is 19.5 Å². The molecule has 0 bridgehead atoms. The summed E-state index contributed by atoms with van der Waals surface area (Å²) in [5, 5.41) is 3.36. The van der Waals surface area contributed by atoms with Crippen molar-refractivity contribution < 1.29 is 14.2 Å². The monoisotopic (exact) mass is 249 g/mol. The fourth-order valence-electron chi connectivity index (χ4n) is 1.86. The molecule has 0 saturated heterocycles. The molecule has 1 heterocycles. The van der Waals surface area contributed by atoms with Crippen molar-refractivity contribution in [3.63, 3.8) is 0 Å². The van der Waals surface area contributed by atoms with Gasteiger partial charge in [-0.1, -0.05) is 18.7 Å². The van der Waals surface area contributed by atoms with Gasteiger partial charge in [-0.25, -0.2) is 0 Å². The van der Waals surface area contributed by atoms with Crippen LogP contribution in [0.5, 0.6) is 11.5 Å². The van der Waals surface area contributed by atoms with Gasteiger partial charge in [0, 0.05) is 12.1 Å². The number of nitrogens with one attached hydrogen (secondary N) is 1. The van der Waals surface area contributed by atoms with Crippen LogP contribution in [0.4, 0.5) is 0 Å². The zero-order chi connectivity index (χ0) is 12.6. The lowest BCUT2D eigenvalue weighted by atomic mass is 10.1. The van der Waals surface area contributed by atoms with Crippen LogP contribution in [0.2, 0.25) is 0 Å². The van der Waals surface area contributed by atoms with E-state index < -0.39 is 0 Å².